The van der Waals surface area contributed by atoms with Crippen LogP contribution in [0.4, 0.5) is 10.1 Å². The van der Waals surface area contributed by atoms with Crippen LogP contribution < -0.4 is 5.32 Å². The summed E-state index contributed by atoms with van der Waals surface area (Å²) in [6, 6.07) is 2.77. The molecule has 0 spiro atoms. The van der Waals surface area contributed by atoms with Crippen LogP contribution in [0.1, 0.15) is 25.6 Å². The zero-order chi connectivity index (χ0) is 14.7. The van der Waals surface area contributed by atoms with Crippen molar-refractivity contribution in [3.63, 3.8) is 0 Å². The van der Waals surface area contributed by atoms with Gasteiger partial charge in [-0.15, -0.1) is 11.3 Å². The molecule has 2 aromatic heterocycles. The minimum atomic E-state index is -0.863. The number of nitrogens with zero attached hydrogens (tertiary/aromatic N) is 1. The van der Waals surface area contributed by atoms with Crippen LogP contribution in [0, 0.1) is 12.9 Å². The number of aryl methyl sites for hydroxylation is 1. The van der Waals surface area contributed by atoms with E-state index in [9.17, 15) is 14.0 Å². The zero-order valence-electron chi connectivity index (χ0n) is 10.8. The van der Waals surface area contributed by atoms with Gasteiger partial charge in [0.05, 0.1) is 18.4 Å². The summed E-state index contributed by atoms with van der Waals surface area (Å²) in [5.74, 6) is -2.08. The number of rotatable bonds is 3. The van der Waals surface area contributed by atoms with Gasteiger partial charge in [-0.1, -0.05) is 0 Å². The van der Waals surface area contributed by atoms with Crippen molar-refractivity contribution in [2.45, 2.75) is 6.92 Å². The third kappa shape index (κ3) is 2.67. The Bertz CT molecular complexity index is 669. The quantitative estimate of drug-likeness (QED) is 0.698. The summed E-state index contributed by atoms with van der Waals surface area (Å²) in [7, 11) is 1.25. The van der Waals surface area contributed by atoms with Gasteiger partial charge in [0, 0.05) is 6.20 Å². The van der Waals surface area contributed by atoms with Crippen LogP contribution in [0.15, 0.2) is 23.7 Å². The molecule has 0 aromatic carbocycles. The van der Waals surface area contributed by atoms with Gasteiger partial charge in [-0.2, -0.15) is 4.39 Å². The van der Waals surface area contributed by atoms with E-state index in [2.05, 4.69) is 15.0 Å². The molecule has 1 N–H and O–H groups in total. The molecule has 0 aliphatic carbocycles. The monoisotopic (exact) mass is 294 g/mol. The lowest BCUT2D eigenvalue weighted by Gasteiger charge is -2.07. The Labute approximate surface area is 118 Å². The largest absolute Gasteiger partial charge is 0.465 e. The van der Waals surface area contributed by atoms with Gasteiger partial charge in [0.15, 0.2) is 0 Å². The fraction of sp³-hybridized carbons (Fsp3) is 0.154. The highest BCUT2D eigenvalue weighted by Gasteiger charge is 2.20. The van der Waals surface area contributed by atoms with Crippen LogP contribution in [0.2, 0.25) is 0 Å². The van der Waals surface area contributed by atoms with Crippen molar-refractivity contribution in [3.05, 3.63) is 45.7 Å². The molecule has 2 heterocycles. The van der Waals surface area contributed by atoms with Gasteiger partial charge >= 0.3 is 5.97 Å². The van der Waals surface area contributed by atoms with Gasteiger partial charge in [0.2, 0.25) is 5.95 Å². The number of carbonyl (C=O) groups excluding carboxylic acids is 2. The standard InChI is InChI=1S/C13H11FN2O3S/c1-7-6-20-10(13(18)19-2)9(7)16-12(17)8-4-3-5-15-11(8)14/h3-6H,1-2H3,(H,16,17). The van der Waals surface area contributed by atoms with Crippen LogP contribution in [0.25, 0.3) is 0 Å². The molecule has 5 nitrogen and oxygen atoms in total. The molecule has 2 aromatic rings. The predicted octanol–water partition coefficient (Wildman–Crippen LogP) is 2.63. The third-order valence-electron chi connectivity index (χ3n) is 2.59. The Morgan fingerprint density at radius 2 is 2.20 bits per heavy atom. The SMILES string of the molecule is COC(=O)c1scc(C)c1NC(=O)c1cccnc1F. The smallest absolute Gasteiger partial charge is 0.350 e. The molecule has 0 radical (unpaired) electrons. The molecule has 0 atom stereocenters. The number of carbonyl (C=O) groups is 2. The minimum Gasteiger partial charge on any atom is -0.465 e. The Balaban J connectivity index is 2.31. The number of amides is 1. The second kappa shape index (κ2) is 5.79. The van der Waals surface area contributed by atoms with Gasteiger partial charge in [-0.3, -0.25) is 4.79 Å². The second-order valence-corrected chi connectivity index (χ2v) is 4.79. The first kappa shape index (κ1) is 14.1. The number of aromatic nitrogens is 1. The van der Waals surface area contributed by atoms with Crippen molar-refractivity contribution >= 4 is 28.9 Å². The lowest BCUT2D eigenvalue weighted by Crippen LogP contribution is -2.16. The first-order valence-corrected chi connectivity index (χ1v) is 6.50. The average molecular weight is 294 g/mol. The summed E-state index contributed by atoms with van der Waals surface area (Å²) in [5.41, 5.74) is 0.845. The fourth-order valence-corrected chi connectivity index (χ4v) is 2.50. The molecule has 0 saturated carbocycles. The van der Waals surface area contributed by atoms with Crippen molar-refractivity contribution in [1.82, 2.24) is 4.98 Å². The van der Waals surface area contributed by atoms with Crippen LogP contribution in [-0.2, 0) is 4.74 Å². The van der Waals surface area contributed by atoms with Crippen LogP contribution in [0.5, 0.6) is 0 Å². The van der Waals surface area contributed by atoms with E-state index in [1.54, 1.807) is 12.3 Å². The van der Waals surface area contributed by atoms with Gasteiger partial charge in [-0.25, -0.2) is 9.78 Å². The number of hydrogen-bond acceptors (Lipinski definition) is 5. The first-order valence-electron chi connectivity index (χ1n) is 5.63. The topological polar surface area (TPSA) is 68.3 Å². The summed E-state index contributed by atoms with van der Waals surface area (Å²) >= 11 is 1.15. The maximum Gasteiger partial charge on any atom is 0.350 e. The van der Waals surface area contributed by atoms with E-state index in [1.165, 1.54) is 25.4 Å². The van der Waals surface area contributed by atoms with E-state index in [-0.39, 0.29) is 10.4 Å². The molecular weight excluding hydrogens is 283 g/mol. The maximum absolute atomic E-state index is 13.4. The summed E-state index contributed by atoms with van der Waals surface area (Å²) in [6.07, 6.45) is 1.25. The molecule has 0 unspecified atom stereocenters. The maximum atomic E-state index is 13.4. The molecular formula is C13H11FN2O3S. The van der Waals surface area contributed by atoms with Gasteiger partial charge < -0.3 is 10.1 Å². The summed E-state index contributed by atoms with van der Waals surface area (Å²) < 4.78 is 18.1. The van der Waals surface area contributed by atoms with Crippen molar-refractivity contribution in [3.8, 4) is 0 Å². The number of anilines is 1. The minimum absolute atomic E-state index is 0.186. The number of nitrogens with one attached hydrogen (secondary N) is 1. The Morgan fingerprint density at radius 3 is 2.85 bits per heavy atom. The highest BCUT2D eigenvalue weighted by atomic mass is 32.1. The summed E-state index contributed by atoms with van der Waals surface area (Å²) in [6.45, 7) is 1.73. The van der Waals surface area contributed by atoms with E-state index < -0.39 is 17.8 Å². The lowest BCUT2D eigenvalue weighted by atomic mass is 10.2. The van der Waals surface area contributed by atoms with Crippen LogP contribution in [0.3, 0.4) is 0 Å². The lowest BCUT2D eigenvalue weighted by molar-refractivity contribution is 0.0607. The predicted molar refractivity (Wildman–Crippen MR) is 72.5 cm³/mol. The molecule has 0 aliphatic heterocycles. The molecule has 0 bridgehead atoms. The molecule has 2 rings (SSSR count). The van der Waals surface area contributed by atoms with Crippen molar-refractivity contribution in [2.24, 2.45) is 0 Å². The van der Waals surface area contributed by atoms with Gasteiger partial charge in [-0.05, 0) is 30.0 Å². The van der Waals surface area contributed by atoms with E-state index in [0.29, 0.717) is 11.3 Å². The summed E-state index contributed by atoms with van der Waals surface area (Å²) in [5, 5.41) is 4.23. The van der Waals surface area contributed by atoms with Crippen molar-refractivity contribution in [1.29, 1.82) is 0 Å². The number of halogens is 1. The van der Waals surface area contributed by atoms with Gasteiger partial charge in [0.25, 0.3) is 5.91 Å². The molecule has 0 saturated heterocycles. The van der Waals surface area contributed by atoms with Crippen LogP contribution in [-0.4, -0.2) is 24.0 Å². The normalized spacial score (nSPS) is 10.2. The number of esters is 1. The highest BCUT2D eigenvalue weighted by Crippen LogP contribution is 2.28. The van der Waals surface area contributed by atoms with E-state index in [0.717, 1.165) is 11.3 Å². The number of methoxy groups -OCH3 is 1. The second-order valence-electron chi connectivity index (χ2n) is 3.91. The van der Waals surface area contributed by atoms with Crippen LogP contribution >= 0.6 is 11.3 Å². The number of ether oxygens (including phenoxy) is 1. The molecule has 7 heteroatoms. The Hall–Kier alpha value is -2.28. The molecule has 104 valence electrons. The zero-order valence-corrected chi connectivity index (χ0v) is 11.6. The Morgan fingerprint density at radius 1 is 1.45 bits per heavy atom. The molecule has 1 amide bonds. The average Bonchev–Trinajstić information content (AvgIpc) is 2.80. The van der Waals surface area contributed by atoms with E-state index in [1.807, 2.05) is 0 Å². The molecule has 0 aliphatic rings. The number of pyridine rings is 1. The van der Waals surface area contributed by atoms with E-state index >= 15 is 0 Å². The number of thiophene rings is 1. The van der Waals surface area contributed by atoms with Gasteiger partial charge in [0.1, 0.15) is 4.88 Å². The van der Waals surface area contributed by atoms with Crippen molar-refractivity contribution < 1.29 is 18.7 Å². The summed E-state index contributed by atoms with van der Waals surface area (Å²) in [4.78, 5) is 27.3. The highest BCUT2D eigenvalue weighted by molar-refractivity contribution is 7.12. The molecule has 0 fully saturated rings. The van der Waals surface area contributed by atoms with Crippen molar-refractivity contribution in [2.75, 3.05) is 12.4 Å². The third-order valence-corrected chi connectivity index (χ3v) is 3.67. The molecule has 20 heavy (non-hydrogen) atoms. The first-order chi connectivity index (χ1) is 9.54. The number of hydrogen-bond donors (Lipinski definition) is 1. The Kier molecular flexibility index (Phi) is 4.09. The van der Waals surface area contributed by atoms with E-state index in [4.69, 9.17) is 0 Å². The fourth-order valence-electron chi connectivity index (χ4n) is 1.58.